The zero-order valence-electron chi connectivity index (χ0n) is 14.3. The van der Waals surface area contributed by atoms with Crippen molar-refractivity contribution in [3.63, 3.8) is 0 Å². The van der Waals surface area contributed by atoms with Crippen molar-refractivity contribution in [3.05, 3.63) is 54.1 Å². The second-order valence-corrected chi connectivity index (χ2v) is 7.80. The molecular weight excluding hydrogens is 356 g/mol. The summed E-state index contributed by atoms with van der Waals surface area (Å²) in [6, 6.07) is 13.6. The molecule has 0 bridgehead atoms. The third kappa shape index (κ3) is 4.45. The van der Waals surface area contributed by atoms with Gasteiger partial charge in [-0.2, -0.15) is 0 Å². The zero-order valence-corrected chi connectivity index (χ0v) is 15.1. The second-order valence-electron chi connectivity index (χ2n) is 5.79. The molecule has 1 atom stereocenters. The minimum absolute atomic E-state index is 0.0121. The van der Waals surface area contributed by atoms with E-state index in [2.05, 4.69) is 10.0 Å². The predicted molar refractivity (Wildman–Crippen MR) is 98.2 cm³/mol. The summed E-state index contributed by atoms with van der Waals surface area (Å²) in [5.41, 5.74) is 0.852. The van der Waals surface area contributed by atoms with Crippen molar-refractivity contribution in [1.82, 2.24) is 5.32 Å². The van der Waals surface area contributed by atoms with Crippen LogP contribution in [0.15, 0.2) is 48.5 Å². The first-order valence-corrected chi connectivity index (χ1v) is 9.89. The highest BCUT2D eigenvalue weighted by atomic mass is 32.2. The quantitative estimate of drug-likeness (QED) is 0.804. The third-order valence-corrected chi connectivity index (χ3v) is 5.17. The maximum atomic E-state index is 12.2. The summed E-state index contributed by atoms with van der Waals surface area (Å²) < 4.78 is 36.9. The number of para-hydroxylation sites is 2. The number of benzene rings is 2. The molecule has 0 saturated heterocycles. The molecule has 2 aromatic carbocycles. The number of hydrogen-bond acceptors (Lipinski definition) is 5. The molecule has 3 rings (SSSR count). The number of hydrogen-bond donors (Lipinski definition) is 2. The van der Waals surface area contributed by atoms with E-state index in [1.807, 2.05) is 24.3 Å². The van der Waals surface area contributed by atoms with Gasteiger partial charge in [0, 0.05) is 11.3 Å². The predicted octanol–water partition coefficient (Wildman–Crippen LogP) is 2.02. The van der Waals surface area contributed by atoms with Crippen LogP contribution in [0.1, 0.15) is 17.3 Å². The van der Waals surface area contributed by atoms with Crippen molar-refractivity contribution in [3.8, 4) is 11.5 Å². The van der Waals surface area contributed by atoms with E-state index in [9.17, 15) is 13.2 Å². The normalized spacial score (nSPS) is 16.0. The molecule has 2 N–H and O–H groups in total. The van der Waals surface area contributed by atoms with E-state index in [0.717, 1.165) is 0 Å². The standard InChI is InChI=1S/C18H20N2O5S/c1-2-26(22,23)20-14-9-7-13(8-10-14)18(21)19-11-15-12-24-16-5-3-4-6-17(16)25-15/h3-10,15,20H,2,11-12H2,1H3,(H,19,21)/t15-/m0/s1. The summed E-state index contributed by atoms with van der Waals surface area (Å²) >= 11 is 0. The maximum absolute atomic E-state index is 12.2. The molecule has 0 aromatic heterocycles. The Balaban J connectivity index is 1.54. The molecule has 0 radical (unpaired) electrons. The molecule has 7 nitrogen and oxygen atoms in total. The summed E-state index contributed by atoms with van der Waals surface area (Å²) in [6.07, 6.45) is -0.274. The zero-order chi connectivity index (χ0) is 18.6. The minimum atomic E-state index is -3.34. The molecule has 26 heavy (non-hydrogen) atoms. The van der Waals surface area contributed by atoms with Crippen LogP contribution in [0.25, 0.3) is 0 Å². The molecule has 2 aromatic rings. The van der Waals surface area contributed by atoms with Gasteiger partial charge in [0.25, 0.3) is 5.91 Å². The Kier molecular flexibility index (Phi) is 5.32. The number of sulfonamides is 1. The van der Waals surface area contributed by atoms with Gasteiger partial charge in [0.15, 0.2) is 11.5 Å². The van der Waals surface area contributed by atoms with Crippen LogP contribution in [0, 0.1) is 0 Å². The molecule has 138 valence electrons. The monoisotopic (exact) mass is 376 g/mol. The lowest BCUT2D eigenvalue weighted by Gasteiger charge is -2.26. The van der Waals surface area contributed by atoms with E-state index in [1.165, 1.54) is 0 Å². The van der Waals surface area contributed by atoms with Crippen molar-refractivity contribution >= 4 is 21.6 Å². The smallest absolute Gasteiger partial charge is 0.251 e. The fraction of sp³-hybridized carbons (Fsp3) is 0.278. The van der Waals surface area contributed by atoms with Crippen molar-refractivity contribution < 1.29 is 22.7 Å². The van der Waals surface area contributed by atoms with Crippen LogP contribution in [-0.4, -0.2) is 39.3 Å². The van der Waals surface area contributed by atoms with E-state index >= 15 is 0 Å². The topological polar surface area (TPSA) is 93.7 Å². The van der Waals surface area contributed by atoms with Crippen LogP contribution in [0.4, 0.5) is 5.69 Å². The molecule has 1 aliphatic rings. The number of carbonyl (C=O) groups is 1. The highest BCUT2D eigenvalue weighted by Crippen LogP contribution is 2.30. The summed E-state index contributed by atoms with van der Waals surface area (Å²) in [4.78, 5) is 12.2. The Morgan fingerprint density at radius 2 is 1.81 bits per heavy atom. The lowest BCUT2D eigenvalue weighted by atomic mass is 10.2. The van der Waals surface area contributed by atoms with Crippen LogP contribution in [-0.2, 0) is 10.0 Å². The molecule has 0 saturated carbocycles. The van der Waals surface area contributed by atoms with Crippen molar-refractivity contribution in [2.45, 2.75) is 13.0 Å². The van der Waals surface area contributed by atoms with Gasteiger partial charge in [0.05, 0.1) is 12.3 Å². The van der Waals surface area contributed by atoms with Gasteiger partial charge in [0.2, 0.25) is 10.0 Å². The second kappa shape index (κ2) is 7.65. The first-order valence-electron chi connectivity index (χ1n) is 8.24. The Morgan fingerprint density at radius 3 is 2.50 bits per heavy atom. The Hall–Kier alpha value is -2.74. The molecule has 8 heteroatoms. The van der Waals surface area contributed by atoms with Gasteiger partial charge in [-0.15, -0.1) is 0 Å². The highest BCUT2D eigenvalue weighted by Gasteiger charge is 2.21. The Morgan fingerprint density at radius 1 is 1.12 bits per heavy atom. The molecule has 0 spiro atoms. The maximum Gasteiger partial charge on any atom is 0.251 e. The minimum Gasteiger partial charge on any atom is -0.486 e. The lowest BCUT2D eigenvalue weighted by Crippen LogP contribution is -2.40. The molecule has 0 unspecified atom stereocenters. The van der Waals surface area contributed by atoms with Crippen LogP contribution in [0.5, 0.6) is 11.5 Å². The number of nitrogens with one attached hydrogen (secondary N) is 2. The average Bonchev–Trinajstić information content (AvgIpc) is 2.66. The van der Waals surface area contributed by atoms with Crippen molar-refractivity contribution in [2.75, 3.05) is 23.6 Å². The molecule has 1 heterocycles. The summed E-state index contributed by atoms with van der Waals surface area (Å²) in [5.74, 6) is 1.07. The highest BCUT2D eigenvalue weighted by molar-refractivity contribution is 7.92. The van der Waals surface area contributed by atoms with Crippen LogP contribution >= 0.6 is 0 Å². The van der Waals surface area contributed by atoms with Gasteiger partial charge in [-0.05, 0) is 43.3 Å². The number of anilines is 1. The molecule has 1 amide bonds. The van der Waals surface area contributed by atoms with Gasteiger partial charge in [0.1, 0.15) is 12.7 Å². The number of amides is 1. The van der Waals surface area contributed by atoms with Crippen LogP contribution in [0.2, 0.25) is 0 Å². The number of carbonyl (C=O) groups excluding carboxylic acids is 1. The van der Waals surface area contributed by atoms with E-state index in [1.54, 1.807) is 31.2 Å². The largest absolute Gasteiger partial charge is 0.486 e. The van der Waals surface area contributed by atoms with E-state index < -0.39 is 10.0 Å². The van der Waals surface area contributed by atoms with Gasteiger partial charge >= 0.3 is 0 Å². The van der Waals surface area contributed by atoms with E-state index in [-0.39, 0.29) is 17.8 Å². The van der Waals surface area contributed by atoms with Gasteiger partial charge in [-0.3, -0.25) is 9.52 Å². The first-order chi connectivity index (χ1) is 12.5. The molecule has 1 aliphatic heterocycles. The molecular formula is C18H20N2O5S. The van der Waals surface area contributed by atoms with Gasteiger partial charge in [-0.25, -0.2) is 8.42 Å². The van der Waals surface area contributed by atoms with Crippen LogP contribution in [0.3, 0.4) is 0 Å². The SMILES string of the molecule is CCS(=O)(=O)Nc1ccc(C(=O)NC[C@H]2COc3ccccc3O2)cc1. The van der Waals surface area contributed by atoms with Crippen LogP contribution < -0.4 is 19.5 Å². The van der Waals surface area contributed by atoms with Crippen molar-refractivity contribution in [1.29, 1.82) is 0 Å². The Labute approximate surface area is 152 Å². The molecule has 0 aliphatic carbocycles. The van der Waals surface area contributed by atoms with Gasteiger partial charge < -0.3 is 14.8 Å². The van der Waals surface area contributed by atoms with Gasteiger partial charge in [-0.1, -0.05) is 12.1 Å². The Bertz CT molecular complexity index is 881. The van der Waals surface area contributed by atoms with Crippen molar-refractivity contribution in [2.24, 2.45) is 0 Å². The fourth-order valence-electron chi connectivity index (χ4n) is 2.41. The van der Waals surface area contributed by atoms with E-state index in [4.69, 9.17) is 9.47 Å². The third-order valence-electron chi connectivity index (χ3n) is 3.86. The summed E-state index contributed by atoms with van der Waals surface area (Å²) in [6.45, 7) is 2.21. The first kappa shape index (κ1) is 18.1. The number of ether oxygens (including phenoxy) is 2. The average molecular weight is 376 g/mol. The van der Waals surface area contributed by atoms with E-state index in [0.29, 0.717) is 35.9 Å². The number of fused-ring (bicyclic) bond motifs is 1. The lowest BCUT2D eigenvalue weighted by molar-refractivity contribution is 0.0789. The summed E-state index contributed by atoms with van der Waals surface area (Å²) in [5, 5.41) is 2.80. The summed E-state index contributed by atoms with van der Waals surface area (Å²) in [7, 11) is -3.34. The fourth-order valence-corrected chi connectivity index (χ4v) is 3.05. The number of rotatable bonds is 6. The molecule has 0 fully saturated rings.